The minimum atomic E-state index is -0.785. The molecule has 3 aromatic carbocycles. The highest BCUT2D eigenvalue weighted by Crippen LogP contribution is 2.21. The number of hydrogen-bond acceptors (Lipinski definition) is 4. The molecular weight excluding hydrogens is 356 g/mol. The van der Waals surface area contributed by atoms with Gasteiger partial charge < -0.3 is 9.47 Å². The molecule has 144 valence electrons. The van der Waals surface area contributed by atoms with Gasteiger partial charge in [-0.25, -0.2) is 0 Å². The predicted octanol–water partition coefficient (Wildman–Crippen LogP) is 3.22. The smallest absolute Gasteiger partial charge is 0.279 e. The molecule has 0 radical (unpaired) electrons. The summed E-state index contributed by atoms with van der Waals surface area (Å²) in [4.78, 5) is 24.3. The molecule has 2 atom stereocenters. The lowest BCUT2D eigenvalue weighted by Gasteiger charge is -2.18. The average molecular weight is 378 g/mol. The number of carbonyl (C=O) groups is 2. The van der Waals surface area contributed by atoms with Crippen LogP contribution in [0.25, 0.3) is 10.8 Å². The van der Waals surface area contributed by atoms with Crippen molar-refractivity contribution in [3.05, 3.63) is 72.8 Å². The summed E-state index contributed by atoms with van der Waals surface area (Å²) in [5.41, 5.74) is 4.72. The van der Waals surface area contributed by atoms with E-state index < -0.39 is 24.0 Å². The van der Waals surface area contributed by atoms with Crippen LogP contribution in [0.4, 0.5) is 0 Å². The summed E-state index contributed by atoms with van der Waals surface area (Å²) < 4.78 is 11.2. The molecular formula is C22H22N2O4. The first-order chi connectivity index (χ1) is 13.5. The van der Waals surface area contributed by atoms with Crippen LogP contribution in [0.5, 0.6) is 11.5 Å². The van der Waals surface area contributed by atoms with Gasteiger partial charge in [0.25, 0.3) is 11.8 Å². The van der Waals surface area contributed by atoms with E-state index in [-0.39, 0.29) is 0 Å². The summed E-state index contributed by atoms with van der Waals surface area (Å²) >= 11 is 0. The van der Waals surface area contributed by atoms with Gasteiger partial charge in [-0.1, -0.05) is 48.5 Å². The second-order valence-electron chi connectivity index (χ2n) is 6.32. The van der Waals surface area contributed by atoms with Gasteiger partial charge in [-0.3, -0.25) is 20.4 Å². The zero-order valence-corrected chi connectivity index (χ0v) is 15.7. The van der Waals surface area contributed by atoms with Crippen molar-refractivity contribution in [3.8, 4) is 11.5 Å². The van der Waals surface area contributed by atoms with E-state index in [1.54, 1.807) is 32.0 Å². The fourth-order valence-electron chi connectivity index (χ4n) is 2.58. The zero-order valence-electron chi connectivity index (χ0n) is 15.7. The van der Waals surface area contributed by atoms with E-state index in [1.807, 2.05) is 54.6 Å². The highest BCUT2D eigenvalue weighted by Gasteiger charge is 2.19. The van der Waals surface area contributed by atoms with Crippen LogP contribution in [0.1, 0.15) is 13.8 Å². The van der Waals surface area contributed by atoms with Gasteiger partial charge in [-0.15, -0.1) is 0 Å². The normalized spacial score (nSPS) is 12.6. The lowest BCUT2D eigenvalue weighted by atomic mass is 10.1. The maximum Gasteiger partial charge on any atom is 0.279 e. The summed E-state index contributed by atoms with van der Waals surface area (Å²) in [7, 11) is 0. The first kappa shape index (κ1) is 19.2. The Morgan fingerprint density at radius 2 is 1.21 bits per heavy atom. The molecule has 0 spiro atoms. The molecule has 2 amide bonds. The molecule has 0 aliphatic carbocycles. The molecule has 6 nitrogen and oxygen atoms in total. The van der Waals surface area contributed by atoms with E-state index in [1.165, 1.54) is 0 Å². The second-order valence-corrected chi connectivity index (χ2v) is 6.32. The van der Waals surface area contributed by atoms with Crippen LogP contribution in [0.2, 0.25) is 0 Å². The molecule has 0 fully saturated rings. The van der Waals surface area contributed by atoms with E-state index in [0.29, 0.717) is 11.5 Å². The van der Waals surface area contributed by atoms with Crippen LogP contribution in [0.15, 0.2) is 72.8 Å². The Kier molecular flexibility index (Phi) is 6.11. The number of para-hydroxylation sites is 1. The van der Waals surface area contributed by atoms with Gasteiger partial charge in [-0.2, -0.15) is 0 Å². The molecule has 0 aliphatic rings. The second kappa shape index (κ2) is 8.90. The van der Waals surface area contributed by atoms with E-state index >= 15 is 0 Å². The maximum atomic E-state index is 12.2. The zero-order chi connectivity index (χ0) is 19.9. The van der Waals surface area contributed by atoms with Gasteiger partial charge in [0.15, 0.2) is 12.2 Å². The Morgan fingerprint density at radius 3 is 1.86 bits per heavy atom. The van der Waals surface area contributed by atoms with Crippen LogP contribution < -0.4 is 20.3 Å². The van der Waals surface area contributed by atoms with Crippen molar-refractivity contribution in [1.29, 1.82) is 0 Å². The summed E-state index contributed by atoms with van der Waals surface area (Å²) in [5.74, 6) is 0.224. The van der Waals surface area contributed by atoms with Crippen molar-refractivity contribution >= 4 is 22.6 Å². The SMILES string of the molecule is C[C@H](Oc1ccc2ccccc2c1)C(=O)NNC(=O)[C@@H](C)Oc1ccccc1. The van der Waals surface area contributed by atoms with Crippen molar-refractivity contribution < 1.29 is 19.1 Å². The molecule has 0 saturated carbocycles. The summed E-state index contributed by atoms with van der Waals surface area (Å²) in [6.07, 6.45) is -1.55. The fraction of sp³-hybridized carbons (Fsp3) is 0.182. The highest BCUT2D eigenvalue weighted by molar-refractivity contribution is 5.87. The van der Waals surface area contributed by atoms with Crippen molar-refractivity contribution in [2.45, 2.75) is 26.1 Å². The third-order valence-electron chi connectivity index (χ3n) is 4.14. The van der Waals surface area contributed by atoms with Gasteiger partial charge in [0.05, 0.1) is 0 Å². The van der Waals surface area contributed by atoms with Gasteiger partial charge >= 0.3 is 0 Å². The van der Waals surface area contributed by atoms with Crippen LogP contribution in [0, 0.1) is 0 Å². The van der Waals surface area contributed by atoms with Crippen LogP contribution in [-0.2, 0) is 9.59 Å². The molecule has 0 unspecified atom stereocenters. The van der Waals surface area contributed by atoms with Gasteiger partial charge in [0.1, 0.15) is 11.5 Å². The van der Waals surface area contributed by atoms with E-state index in [2.05, 4.69) is 10.9 Å². The fourth-order valence-corrected chi connectivity index (χ4v) is 2.58. The van der Waals surface area contributed by atoms with Crippen molar-refractivity contribution in [2.75, 3.05) is 0 Å². The van der Waals surface area contributed by atoms with Gasteiger partial charge in [0.2, 0.25) is 0 Å². The molecule has 0 bridgehead atoms. The molecule has 2 N–H and O–H groups in total. The van der Waals surface area contributed by atoms with Crippen LogP contribution in [0.3, 0.4) is 0 Å². The number of nitrogens with one attached hydrogen (secondary N) is 2. The highest BCUT2D eigenvalue weighted by atomic mass is 16.5. The van der Waals surface area contributed by atoms with Crippen molar-refractivity contribution in [3.63, 3.8) is 0 Å². The van der Waals surface area contributed by atoms with Crippen molar-refractivity contribution in [1.82, 2.24) is 10.9 Å². The number of benzene rings is 3. The number of hydrazine groups is 1. The first-order valence-electron chi connectivity index (χ1n) is 9.00. The third-order valence-corrected chi connectivity index (χ3v) is 4.14. The quantitative estimate of drug-likeness (QED) is 0.646. The predicted molar refractivity (Wildman–Crippen MR) is 107 cm³/mol. The lowest BCUT2D eigenvalue weighted by Crippen LogP contribution is -2.50. The summed E-state index contributed by atoms with van der Waals surface area (Å²) in [6.45, 7) is 3.21. The Morgan fingerprint density at radius 1 is 0.679 bits per heavy atom. The first-order valence-corrected chi connectivity index (χ1v) is 9.00. The molecule has 6 heteroatoms. The molecule has 0 aromatic heterocycles. The van der Waals surface area contributed by atoms with Gasteiger partial charge in [0, 0.05) is 0 Å². The molecule has 3 aromatic rings. The number of carbonyl (C=O) groups excluding carboxylic acids is 2. The summed E-state index contributed by atoms with van der Waals surface area (Å²) in [6, 6.07) is 22.5. The molecule has 0 saturated heterocycles. The number of rotatable bonds is 6. The number of amides is 2. The van der Waals surface area contributed by atoms with E-state index in [9.17, 15) is 9.59 Å². The Hall–Kier alpha value is -3.54. The molecule has 0 aliphatic heterocycles. The Bertz CT molecular complexity index is 959. The lowest BCUT2D eigenvalue weighted by molar-refractivity contribution is -0.135. The van der Waals surface area contributed by atoms with Crippen LogP contribution >= 0.6 is 0 Å². The molecule has 3 rings (SSSR count). The van der Waals surface area contributed by atoms with E-state index in [4.69, 9.17) is 9.47 Å². The topological polar surface area (TPSA) is 76.7 Å². The maximum absolute atomic E-state index is 12.2. The van der Waals surface area contributed by atoms with Gasteiger partial charge in [-0.05, 0) is 48.9 Å². The number of ether oxygens (including phenoxy) is 2. The van der Waals surface area contributed by atoms with Crippen molar-refractivity contribution in [2.24, 2.45) is 0 Å². The summed E-state index contributed by atoms with van der Waals surface area (Å²) in [5, 5.41) is 2.11. The minimum Gasteiger partial charge on any atom is -0.481 e. The monoisotopic (exact) mass is 378 g/mol. The minimum absolute atomic E-state index is 0.463. The number of hydrogen-bond donors (Lipinski definition) is 2. The third kappa shape index (κ3) is 5.01. The van der Waals surface area contributed by atoms with Crippen LogP contribution in [-0.4, -0.2) is 24.0 Å². The average Bonchev–Trinajstić information content (AvgIpc) is 2.72. The number of fused-ring (bicyclic) bond motifs is 1. The molecule has 28 heavy (non-hydrogen) atoms. The Balaban J connectivity index is 1.49. The Labute approximate surface area is 163 Å². The standard InChI is InChI=1S/C22H22N2O4/c1-15(27-19-10-4-3-5-11-19)21(25)23-24-22(26)16(2)28-20-13-12-17-8-6-7-9-18(17)14-20/h3-16H,1-2H3,(H,23,25)(H,24,26)/t15-,16+/m1/s1. The van der Waals surface area contributed by atoms with E-state index in [0.717, 1.165) is 10.8 Å². The largest absolute Gasteiger partial charge is 0.481 e. The molecule has 0 heterocycles.